The molecule has 0 spiro atoms. The SMILES string of the molecule is CCOC(C)(CC)C(NN)c1cccnc1. The molecule has 1 aromatic rings. The maximum Gasteiger partial charge on any atom is 0.0859 e. The predicted octanol–water partition coefficient (Wildman–Crippen LogP) is 1.79. The van der Waals surface area contributed by atoms with Crippen molar-refractivity contribution in [2.75, 3.05) is 6.61 Å². The zero-order valence-electron chi connectivity index (χ0n) is 10.2. The van der Waals surface area contributed by atoms with E-state index in [1.807, 2.05) is 25.3 Å². The molecule has 3 N–H and O–H groups in total. The molecule has 0 aliphatic carbocycles. The van der Waals surface area contributed by atoms with Crippen molar-refractivity contribution in [3.8, 4) is 0 Å². The first-order valence-electron chi connectivity index (χ1n) is 5.68. The molecule has 4 heteroatoms. The number of hydrogen-bond acceptors (Lipinski definition) is 4. The Hall–Kier alpha value is -0.970. The van der Waals surface area contributed by atoms with Gasteiger partial charge in [0.05, 0.1) is 11.6 Å². The molecule has 0 bridgehead atoms. The molecule has 0 saturated heterocycles. The van der Waals surface area contributed by atoms with Crippen LogP contribution in [0.2, 0.25) is 0 Å². The number of hydrogen-bond donors (Lipinski definition) is 2. The van der Waals surface area contributed by atoms with E-state index in [2.05, 4.69) is 24.3 Å². The van der Waals surface area contributed by atoms with E-state index < -0.39 is 0 Å². The van der Waals surface area contributed by atoms with Crippen molar-refractivity contribution in [2.45, 2.75) is 38.8 Å². The minimum Gasteiger partial charge on any atom is -0.374 e. The summed E-state index contributed by atoms with van der Waals surface area (Å²) in [4.78, 5) is 4.11. The van der Waals surface area contributed by atoms with E-state index in [0.29, 0.717) is 6.61 Å². The predicted molar refractivity (Wildman–Crippen MR) is 64.6 cm³/mol. The zero-order chi connectivity index (χ0) is 12.0. The Morgan fingerprint density at radius 1 is 1.56 bits per heavy atom. The molecule has 2 atom stereocenters. The van der Waals surface area contributed by atoms with E-state index in [1.165, 1.54) is 0 Å². The highest BCUT2D eigenvalue weighted by Gasteiger charge is 2.33. The summed E-state index contributed by atoms with van der Waals surface area (Å²) in [6, 6.07) is 3.86. The molecule has 1 heterocycles. The summed E-state index contributed by atoms with van der Waals surface area (Å²) in [6.45, 7) is 6.82. The van der Waals surface area contributed by atoms with E-state index in [0.717, 1.165) is 12.0 Å². The van der Waals surface area contributed by atoms with Gasteiger partial charge in [-0.05, 0) is 31.9 Å². The van der Waals surface area contributed by atoms with Crippen molar-refractivity contribution in [1.82, 2.24) is 10.4 Å². The minimum atomic E-state index is -0.313. The largest absolute Gasteiger partial charge is 0.374 e. The lowest BCUT2D eigenvalue weighted by molar-refractivity contribution is -0.0564. The first kappa shape index (κ1) is 13.1. The molecule has 0 radical (unpaired) electrons. The fraction of sp³-hybridized carbons (Fsp3) is 0.583. The van der Waals surface area contributed by atoms with Crippen LogP contribution >= 0.6 is 0 Å². The normalized spacial score (nSPS) is 16.8. The Kier molecular flexibility index (Phi) is 4.86. The first-order valence-corrected chi connectivity index (χ1v) is 5.68. The van der Waals surface area contributed by atoms with Crippen molar-refractivity contribution < 1.29 is 4.74 Å². The van der Waals surface area contributed by atoms with Crippen LogP contribution in [-0.4, -0.2) is 17.2 Å². The van der Waals surface area contributed by atoms with Crippen molar-refractivity contribution in [2.24, 2.45) is 5.84 Å². The molecule has 4 nitrogen and oxygen atoms in total. The van der Waals surface area contributed by atoms with Gasteiger partial charge >= 0.3 is 0 Å². The number of nitrogens with two attached hydrogens (primary N) is 1. The van der Waals surface area contributed by atoms with Gasteiger partial charge in [0.15, 0.2) is 0 Å². The summed E-state index contributed by atoms with van der Waals surface area (Å²) in [5.41, 5.74) is 3.56. The topological polar surface area (TPSA) is 60.2 Å². The molecule has 0 amide bonds. The summed E-state index contributed by atoms with van der Waals surface area (Å²) >= 11 is 0. The molecule has 90 valence electrons. The molecule has 0 aromatic carbocycles. The summed E-state index contributed by atoms with van der Waals surface area (Å²) < 4.78 is 5.82. The molecule has 0 aliphatic heterocycles. The second kappa shape index (κ2) is 5.94. The average Bonchev–Trinajstić information content (AvgIpc) is 2.31. The third-order valence-corrected chi connectivity index (χ3v) is 2.97. The molecular formula is C12H21N3O. The zero-order valence-corrected chi connectivity index (χ0v) is 10.2. The number of hydrazine groups is 1. The third kappa shape index (κ3) is 2.78. The van der Waals surface area contributed by atoms with Gasteiger partial charge in [-0.15, -0.1) is 0 Å². The molecule has 0 saturated carbocycles. The number of pyridine rings is 1. The molecule has 1 aromatic heterocycles. The highest BCUT2D eigenvalue weighted by Crippen LogP contribution is 2.31. The highest BCUT2D eigenvalue weighted by atomic mass is 16.5. The Bertz CT molecular complexity index is 304. The lowest BCUT2D eigenvalue weighted by Gasteiger charge is -2.36. The van der Waals surface area contributed by atoms with Gasteiger partial charge in [-0.25, -0.2) is 0 Å². The fourth-order valence-electron chi connectivity index (χ4n) is 1.89. The number of ether oxygens (including phenoxy) is 1. The Morgan fingerprint density at radius 3 is 2.75 bits per heavy atom. The average molecular weight is 223 g/mol. The van der Waals surface area contributed by atoms with Gasteiger partial charge in [-0.2, -0.15) is 0 Å². The smallest absolute Gasteiger partial charge is 0.0859 e. The fourth-order valence-corrected chi connectivity index (χ4v) is 1.89. The molecule has 1 rings (SSSR count). The van der Waals surface area contributed by atoms with Crippen LogP contribution in [0.4, 0.5) is 0 Å². The number of aromatic nitrogens is 1. The van der Waals surface area contributed by atoms with E-state index >= 15 is 0 Å². The van der Waals surface area contributed by atoms with Crippen LogP contribution in [-0.2, 0) is 4.74 Å². The minimum absolute atomic E-state index is 0.0499. The van der Waals surface area contributed by atoms with Gasteiger partial charge in [-0.1, -0.05) is 13.0 Å². The monoisotopic (exact) mass is 223 g/mol. The van der Waals surface area contributed by atoms with Crippen LogP contribution in [0.25, 0.3) is 0 Å². The quantitative estimate of drug-likeness (QED) is 0.570. The van der Waals surface area contributed by atoms with Gasteiger partial charge in [0.1, 0.15) is 0 Å². The Labute approximate surface area is 97.2 Å². The summed E-state index contributed by atoms with van der Waals surface area (Å²) in [6.07, 6.45) is 4.45. The van der Waals surface area contributed by atoms with Crippen LogP contribution in [0.1, 0.15) is 38.8 Å². The second-order valence-corrected chi connectivity index (χ2v) is 3.99. The van der Waals surface area contributed by atoms with Gasteiger partial charge < -0.3 is 4.74 Å². The lowest BCUT2D eigenvalue weighted by Crippen LogP contribution is -2.46. The number of nitrogens with zero attached hydrogens (tertiary/aromatic N) is 1. The van der Waals surface area contributed by atoms with Crippen LogP contribution in [0.3, 0.4) is 0 Å². The van der Waals surface area contributed by atoms with Crippen molar-refractivity contribution in [1.29, 1.82) is 0 Å². The van der Waals surface area contributed by atoms with Gasteiger partial charge in [0, 0.05) is 19.0 Å². The summed E-state index contributed by atoms with van der Waals surface area (Å²) in [5.74, 6) is 5.64. The number of rotatable bonds is 6. The third-order valence-electron chi connectivity index (χ3n) is 2.97. The Balaban J connectivity index is 2.96. The van der Waals surface area contributed by atoms with Crippen LogP contribution < -0.4 is 11.3 Å². The highest BCUT2D eigenvalue weighted by molar-refractivity contribution is 5.17. The molecular weight excluding hydrogens is 202 g/mol. The van der Waals surface area contributed by atoms with Crippen LogP contribution in [0.15, 0.2) is 24.5 Å². The van der Waals surface area contributed by atoms with E-state index in [1.54, 1.807) is 6.20 Å². The molecule has 16 heavy (non-hydrogen) atoms. The molecule has 0 fully saturated rings. The Morgan fingerprint density at radius 2 is 2.31 bits per heavy atom. The van der Waals surface area contributed by atoms with E-state index in [4.69, 9.17) is 10.6 Å². The van der Waals surface area contributed by atoms with Crippen molar-refractivity contribution in [3.05, 3.63) is 30.1 Å². The van der Waals surface area contributed by atoms with Crippen molar-refractivity contribution in [3.63, 3.8) is 0 Å². The van der Waals surface area contributed by atoms with Gasteiger partial charge in [0.25, 0.3) is 0 Å². The van der Waals surface area contributed by atoms with E-state index in [-0.39, 0.29) is 11.6 Å². The number of nitrogens with one attached hydrogen (secondary N) is 1. The second-order valence-electron chi connectivity index (χ2n) is 3.99. The van der Waals surface area contributed by atoms with E-state index in [9.17, 15) is 0 Å². The van der Waals surface area contributed by atoms with Gasteiger partial charge in [-0.3, -0.25) is 16.3 Å². The molecule has 2 unspecified atom stereocenters. The summed E-state index contributed by atoms with van der Waals surface area (Å²) in [5, 5.41) is 0. The van der Waals surface area contributed by atoms with Gasteiger partial charge in [0.2, 0.25) is 0 Å². The first-order chi connectivity index (χ1) is 7.68. The van der Waals surface area contributed by atoms with Crippen LogP contribution in [0.5, 0.6) is 0 Å². The standard InChI is InChI=1S/C12H21N3O/c1-4-12(3,16-5-2)11(15-13)10-7-6-8-14-9-10/h6-9,11,15H,4-5,13H2,1-3H3. The van der Waals surface area contributed by atoms with Crippen LogP contribution in [0, 0.1) is 0 Å². The maximum atomic E-state index is 5.82. The lowest BCUT2D eigenvalue weighted by atomic mass is 9.89. The maximum absolute atomic E-state index is 5.82. The summed E-state index contributed by atoms with van der Waals surface area (Å²) in [7, 11) is 0. The molecule has 0 aliphatic rings. The van der Waals surface area contributed by atoms with Crippen molar-refractivity contribution >= 4 is 0 Å².